The number of benzene rings is 1. The highest BCUT2D eigenvalue weighted by molar-refractivity contribution is 5.48. The summed E-state index contributed by atoms with van der Waals surface area (Å²) in [5.41, 5.74) is 0.672. The Hall–Kier alpha value is -2.74. The molecule has 0 N–H and O–H groups in total. The molecular formula is C20H25FN6O. The molecule has 1 unspecified atom stereocenters. The van der Waals surface area contributed by atoms with Gasteiger partial charge < -0.3 is 9.32 Å². The third kappa shape index (κ3) is 3.77. The first kappa shape index (κ1) is 18.6. The fourth-order valence-corrected chi connectivity index (χ4v) is 3.92. The van der Waals surface area contributed by atoms with Crippen LogP contribution in [-0.2, 0) is 6.54 Å². The molecule has 8 heteroatoms. The summed E-state index contributed by atoms with van der Waals surface area (Å²) in [4.78, 5) is 4.50. The largest absolute Gasteiger partial charge is 0.467 e. The van der Waals surface area contributed by atoms with Gasteiger partial charge in [0.15, 0.2) is 5.82 Å². The first-order valence-electron chi connectivity index (χ1n) is 9.65. The summed E-state index contributed by atoms with van der Waals surface area (Å²) >= 11 is 0. The number of hydrogen-bond acceptors (Lipinski definition) is 6. The van der Waals surface area contributed by atoms with Crippen molar-refractivity contribution in [2.45, 2.75) is 26.4 Å². The third-order valence-electron chi connectivity index (χ3n) is 5.24. The van der Waals surface area contributed by atoms with E-state index in [9.17, 15) is 4.39 Å². The van der Waals surface area contributed by atoms with Crippen LogP contribution in [0.3, 0.4) is 0 Å². The molecule has 1 fully saturated rings. The van der Waals surface area contributed by atoms with Gasteiger partial charge in [0.25, 0.3) is 0 Å². The molecule has 0 amide bonds. The van der Waals surface area contributed by atoms with Gasteiger partial charge in [0.2, 0.25) is 0 Å². The van der Waals surface area contributed by atoms with Crippen molar-refractivity contribution in [3.63, 3.8) is 0 Å². The molecule has 0 saturated carbocycles. The number of hydrogen-bond donors (Lipinski definition) is 0. The van der Waals surface area contributed by atoms with Gasteiger partial charge in [0, 0.05) is 26.2 Å². The molecule has 3 heterocycles. The van der Waals surface area contributed by atoms with Gasteiger partial charge in [0.1, 0.15) is 18.1 Å². The van der Waals surface area contributed by atoms with E-state index in [1.54, 1.807) is 12.3 Å². The zero-order valence-corrected chi connectivity index (χ0v) is 16.2. The second-order valence-electron chi connectivity index (χ2n) is 7.44. The molecule has 1 saturated heterocycles. The fourth-order valence-electron chi connectivity index (χ4n) is 3.92. The highest BCUT2D eigenvalue weighted by Gasteiger charge is 2.32. The molecular weight excluding hydrogens is 359 g/mol. The van der Waals surface area contributed by atoms with E-state index in [0.717, 1.165) is 37.8 Å². The standard InChI is InChI=1S/C20H25FN6O/c1-15(2)19(20-22-23-24-27(20)14-16-6-5-13-28-16)26-11-9-25(10-12-26)18-8-4-3-7-17(18)21/h3-8,13,15,19H,9-12,14H2,1-2H3. The molecule has 28 heavy (non-hydrogen) atoms. The minimum Gasteiger partial charge on any atom is -0.467 e. The van der Waals surface area contributed by atoms with Crippen molar-refractivity contribution < 1.29 is 8.81 Å². The van der Waals surface area contributed by atoms with E-state index < -0.39 is 0 Å². The molecule has 1 aliphatic heterocycles. The van der Waals surface area contributed by atoms with Crippen LogP contribution in [0.2, 0.25) is 0 Å². The molecule has 148 valence electrons. The Kier molecular flexibility index (Phi) is 5.38. The van der Waals surface area contributed by atoms with Gasteiger partial charge in [-0.2, -0.15) is 0 Å². The molecule has 0 aliphatic carbocycles. The molecule has 7 nitrogen and oxygen atoms in total. The van der Waals surface area contributed by atoms with Gasteiger partial charge in [-0.05, 0) is 40.6 Å². The van der Waals surface area contributed by atoms with Gasteiger partial charge in [0.05, 0.1) is 18.0 Å². The van der Waals surface area contributed by atoms with Gasteiger partial charge in [-0.3, -0.25) is 4.90 Å². The van der Waals surface area contributed by atoms with Crippen molar-refractivity contribution in [3.8, 4) is 0 Å². The number of anilines is 1. The summed E-state index contributed by atoms with van der Waals surface area (Å²) in [6.07, 6.45) is 1.65. The van der Waals surface area contributed by atoms with Crippen LogP contribution in [0.5, 0.6) is 0 Å². The molecule has 1 atom stereocenters. The van der Waals surface area contributed by atoms with Crippen LogP contribution in [0.15, 0.2) is 47.1 Å². The lowest BCUT2D eigenvalue weighted by atomic mass is 10.0. The molecule has 1 aromatic carbocycles. The van der Waals surface area contributed by atoms with E-state index in [0.29, 0.717) is 18.2 Å². The Morgan fingerprint density at radius 2 is 1.86 bits per heavy atom. The summed E-state index contributed by atoms with van der Waals surface area (Å²) in [7, 11) is 0. The number of halogens is 1. The topological polar surface area (TPSA) is 63.2 Å². The molecule has 0 spiro atoms. The monoisotopic (exact) mass is 384 g/mol. The number of furan rings is 1. The third-order valence-corrected chi connectivity index (χ3v) is 5.24. The average Bonchev–Trinajstić information content (AvgIpc) is 3.36. The molecule has 3 aromatic rings. The van der Waals surface area contributed by atoms with Crippen LogP contribution < -0.4 is 4.90 Å². The summed E-state index contributed by atoms with van der Waals surface area (Å²) < 4.78 is 21.4. The van der Waals surface area contributed by atoms with Gasteiger partial charge >= 0.3 is 0 Å². The van der Waals surface area contributed by atoms with Crippen LogP contribution in [0, 0.1) is 11.7 Å². The van der Waals surface area contributed by atoms with Gasteiger partial charge in [-0.15, -0.1) is 5.10 Å². The van der Waals surface area contributed by atoms with E-state index in [4.69, 9.17) is 4.42 Å². The first-order chi connectivity index (χ1) is 13.6. The van der Waals surface area contributed by atoms with Crippen molar-refractivity contribution in [3.05, 3.63) is 60.1 Å². The van der Waals surface area contributed by atoms with Crippen LogP contribution in [0.25, 0.3) is 0 Å². The molecule has 0 bridgehead atoms. The van der Waals surface area contributed by atoms with E-state index >= 15 is 0 Å². The van der Waals surface area contributed by atoms with Crippen molar-refractivity contribution >= 4 is 5.69 Å². The fraction of sp³-hybridized carbons (Fsp3) is 0.450. The normalized spacial score (nSPS) is 16.6. The summed E-state index contributed by atoms with van der Waals surface area (Å²) in [6.45, 7) is 8.05. The van der Waals surface area contributed by atoms with Crippen molar-refractivity contribution in [2.24, 2.45) is 5.92 Å². The summed E-state index contributed by atoms with van der Waals surface area (Å²) in [6, 6.07) is 10.8. The van der Waals surface area contributed by atoms with E-state index in [-0.39, 0.29) is 11.9 Å². The minimum absolute atomic E-state index is 0.0905. The number of tetrazole rings is 1. The van der Waals surface area contributed by atoms with Crippen LogP contribution in [0.1, 0.15) is 31.5 Å². The highest BCUT2D eigenvalue weighted by atomic mass is 19.1. The number of para-hydroxylation sites is 1. The Bertz CT molecular complexity index is 886. The maximum absolute atomic E-state index is 14.1. The lowest BCUT2D eigenvalue weighted by molar-refractivity contribution is 0.134. The zero-order chi connectivity index (χ0) is 19.5. The maximum Gasteiger partial charge on any atom is 0.169 e. The summed E-state index contributed by atoms with van der Waals surface area (Å²) in [5, 5.41) is 12.4. The van der Waals surface area contributed by atoms with Crippen molar-refractivity contribution in [2.75, 3.05) is 31.1 Å². The minimum atomic E-state index is -0.168. The predicted octanol–water partition coefficient (Wildman–Crippen LogP) is 2.97. The Morgan fingerprint density at radius 3 is 2.54 bits per heavy atom. The Morgan fingerprint density at radius 1 is 1.07 bits per heavy atom. The summed E-state index contributed by atoms with van der Waals surface area (Å²) in [5.74, 6) is 1.83. The van der Waals surface area contributed by atoms with E-state index in [2.05, 4.69) is 39.2 Å². The van der Waals surface area contributed by atoms with E-state index in [1.807, 2.05) is 28.9 Å². The quantitative estimate of drug-likeness (QED) is 0.651. The zero-order valence-electron chi connectivity index (χ0n) is 16.2. The molecule has 4 rings (SSSR count). The average molecular weight is 384 g/mol. The maximum atomic E-state index is 14.1. The number of aromatic nitrogens is 4. The Labute approximate surface area is 163 Å². The second kappa shape index (κ2) is 8.10. The predicted molar refractivity (Wildman–Crippen MR) is 103 cm³/mol. The van der Waals surface area contributed by atoms with Crippen LogP contribution >= 0.6 is 0 Å². The smallest absolute Gasteiger partial charge is 0.169 e. The van der Waals surface area contributed by atoms with Crippen molar-refractivity contribution in [1.29, 1.82) is 0 Å². The number of piperazine rings is 1. The lowest BCUT2D eigenvalue weighted by Crippen LogP contribution is -2.49. The molecule has 1 aliphatic rings. The van der Waals surface area contributed by atoms with Crippen molar-refractivity contribution in [1.82, 2.24) is 25.1 Å². The molecule has 2 aromatic heterocycles. The first-order valence-corrected chi connectivity index (χ1v) is 9.65. The second-order valence-corrected chi connectivity index (χ2v) is 7.44. The lowest BCUT2D eigenvalue weighted by Gasteiger charge is -2.41. The number of rotatable bonds is 6. The van der Waals surface area contributed by atoms with Crippen LogP contribution in [0.4, 0.5) is 10.1 Å². The molecule has 0 radical (unpaired) electrons. The van der Waals surface area contributed by atoms with Gasteiger partial charge in [-0.25, -0.2) is 9.07 Å². The van der Waals surface area contributed by atoms with Gasteiger partial charge in [-0.1, -0.05) is 26.0 Å². The van der Waals surface area contributed by atoms with Crippen LogP contribution in [-0.4, -0.2) is 51.3 Å². The highest BCUT2D eigenvalue weighted by Crippen LogP contribution is 2.29. The SMILES string of the molecule is CC(C)C(c1nnnn1Cc1ccco1)N1CCN(c2ccccc2F)CC1. The van der Waals surface area contributed by atoms with E-state index in [1.165, 1.54) is 6.07 Å². The Balaban J connectivity index is 1.50. The number of nitrogens with zero attached hydrogens (tertiary/aromatic N) is 6.